The zero-order valence-corrected chi connectivity index (χ0v) is 19.8. The number of urea groups is 1. The molecule has 3 N–H and O–H groups in total. The summed E-state index contributed by atoms with van der Waals surface area (Å²) >= 11 is 0. The van der Waals surface area contributed by atoms with E-state index in [1.165, 1.54) is 5.56 Å². The van der Waals surface area contributed by atoms with Crippen molar-refractivity contribution in [1.29, 1.82) is 0 Å². The Kier molecular flexibility index (Phi) is 9.57. The normalized spacial score (nSPS) is 11.8. The van der Waals surface area contributed by atoms with Crippen molar-refractivity contribution in [3.63, 3.8) is 0 Å². The van der Waals surface area contributed by atoms with Gasteiger partial charge in [0.05, 0.1) is 25.5 Å². The lowest BCUT2D eigenvalue weighted by Gasteiger charge is -2.18. The molecule has 0 aromatic heterocycles. The summed E-state index contributed by atoms with van der Waals surface area (Å²) in [5, 5.41) is 14.6. The fraction of sp³-hybridized carbons (Fsp3) is 0.296. The standard InChI is InChI=1S/C27H30F2N2O4/c1-18(2)21-7-10-23(11-8-21)35-24(15-32)17-34-16-20-5-3-19(4-6-20)14-30-27(33)31-26-12-9-22(28)13-25(26)29/h3-13,18,24,32H,14-17H2,1-2H3,(H2,30,31,33). The number of aliphatic hydroxyl groups excluding tert-OH is 1. The summed E-state index contributed by atoms with van der Waals surface area (Å²) in [6.07, 6.45) is -0.479. The Bertz CT molecular complexity index is 1090. The number of nitrogens with one attached hydrogen (secondary N) is 2. The van der Waals surface area contributed by atoms with Gasteiger partial charge in [-0.05, 0) is 46.9 Å². The van der Waals surface area contributed by atoms with E-state index in [0.717, 1.165) is 23.3 Å². The van der Waals surface area contributed by atoms with Gasteiger partial charge in [0.25, 0.3) is 0 Å². The molecule has 0 aliphatic rings. The lowest BCUT2D eigenvalue weighted by atomic mass is 10.0. The lowest BCUT2D eigenvalue weighted by Crippen LogP contribution is -2.28. The third-order valence-electron chi connectivity index (χ3n) is 5.28. The third-order valence-corrected chi connectivity index (χ3v) is 5.28. The summed E-state index contributed by atoms with van der Waals surface area (Å²) in [6.45, 7) is 4.87. The quantitative estimate of drug-likeness (QED) is 0.342. The minimum Gasteiger partial charge on any atom is -0.486 e. The largest absolute Gasteiger partial charge is 0.486 e. The number of hydrogen-bond acceptors (Lipinski definition) is 4. The molecule has 0 saturated carbocycles. The highest BCUT2D eigenvalue weighted by atomic mass is 19.1. The summed E-state index contributed by atoms with van der Waals surface area (Å²) in [4.78, 5) is 12.0. The van der Waals surface area contributed by atoms with Gasteiger partial charge >= 0.3 is 6.03 Å². The molecule has 0 fully saturated rings. The van der Waals surface area contributed by atoms with Crippen molar-refractivity contribution in [3.8, 4) is 5.75 Å². The molecule has 0 heterocycles. The highest BCUT2D eigenvalue weighted by molar-refractivity contribution is 5.89. The maximum atomic E-state index is 13.6. The molecular formula is C27H30F2N2O4. The molecule has 0 spiro atoms. The monoisotopic (exact) mass is 484 g/mol. The average Bonchev–Trinajstić information content (AvgIpc) is 2.85. The van der Waals surface area contributed by atoms with Gasteiger partial charge in [-0.25, -0.2) is 13.6 Å². The predicted octanol–water partition coefficient (Wildman–Crippen LogP) is 5.37. The molecule has 186 valence electrons. The highest BCUT2D eigenvalue weighted by Gasteiger charge is 2.11. The summed E-state index contributed by atoms with van der Waals surface area (Å²) in [5.74, 6) is -0.442. The second kappa shape index (κ2) is 12.8. The van der Waals surface area contributed by atoms with Crippen LogP contribution in [-0.2, 0) is 17.9 Å². The average molecular weight is 485 g/mol. The van der Waals surface area contributed by atoms with E-state index in [1.54, 1.807) is 0 Å². The molecule has 1 unspecified atom stereocenters. The van der Waals surface area contributed by atoms with Crippen molar-refractivity contribution in [2.24, 2.45) is 0 Å². The number of carbonyl (C=O) groups is 1. The summed E-state index contributed by atoms with van der Waals surface area (Å²) in [5.41, 5.74) is 2.87. The number of rotatable bonds is 11. The summed E-state index contributed by atoms with van der Waals surface area (Å²) < 4.78 is 38.1. The van der Waals surface area contributed by atoms with Gasteiger partial charge in [-0.15, -0.1) is 0 Å². The van der Waals surface area contributed by atoms with Gasteiger partial charge < -0.3 is 25.2 Å². The SMILES string of the molecule is CC(C)c1ccc(OC(CO)COCc2ccc(CNC(=O)Nc3ccc(F)cc3F)cc2)cc1. The number of carbonyl (C=O) groups excluding carboxylic acids is 1. The van der Waals surface area contributed by atoms with Gasteiger partial charge in [-0.1, -0.05) is 50.2 Å². The van der Waals surface area contributed by atoms with E-state index in [0.29, 0.717) is 24.3 Å². The minimum absolute atomic E-state index is 0.103. The number of anilines is 1. The first-order valence-electron chi connectivity index (χ1n) is 11.4. The second-order valence-corrected chi connectivity index (χ2v) is 8.41. The maximum Gasteiger partial charge on any atom is 0.319 e. The van der Waals surface area contributed by atoms with Crippen LogP contribution in [0.4, 0.5) is 19.3 Å². The molecule has 1 atom stereocenters. The van der Waals surface area contributed by atoms with Crippen LogP contribution in [0, 0.1) is 11.6 Å². The molecule has 35 heavy (non-hydrogen) atoms. The topological polar surface area (TPSA) is 79.8 Å². The Morgan fingerprint density at radius 1 is 0.971 bits per heavy atom. The zero-order chi connectivity index (χ0) is 25.2. The molecule has 6 nitrogen and oxygen atoms in total. The number of amides is 2. The fourth-order valence-electron chi connectivity index (χ4n) is 3.25. The zero-order valence-electron chi connectivity index (χ0n) is 19.8. The van der Waals surface area contributed by atoms with Crippen LogP contribution in [0.25, 0.3) is 0 Å². The fourth-order valence-corrected chi connectivity index (χ4v) is 3.25. The molecule has 0 saturated heterocycles. The number of halogens is 2. The Morgan fingerprint density at radius 3 is 2.29 bits per heavy atom. The van der Waals surface area contributed by atoms with Crippen LogP contribution >= 0.6 is 0 Å². The predicted molar refractivity (Wildman–Crippen MR) is 130 cm³/mol. The molecule has 0 bridgehead atoms. The first-order valence-corrected chi connectivity index (χ1v) is 11.4. The molecule has 0 aliphatic heterocycles. The van der Waals surface area contributed by atoms with E-state index in [9.17, 15) is 18.7 Å². The van der Waals surface area contributed by atoms with E-state index in [4.69, 9.17) is 9.47 Å². The van der Waals surface area contributed by atoms with Crippen molar-refractivity contribution < 1.29 is 28.2 Å². The van der Waals surface area contributed by atoms with Gasteiger partial charge in [-0.3, -0.25) is 0 Å². The lowest BCUT2D eigenvalue weighted by molar-refractivity contribution is 0.0133. The van der Waals surface area contributed by atoms with Crippen LogP contribution in [0.3, 0.4) is 0 Å². The maximum absolute atomic E-state index is 13.6. The van der Waals surface area contributed by atoms with E-state index >= 15 is 0 Å². The molecule has 0 radical (unpaired) electrons. The Hall–Kier alpha value is -3.49. The van der Waals surface area contributed by atoms with Crippen molar-refractivity contribution in [3.05, 3.63) is 95.1 Å². The van der Waals surface area contributed by atoms with Gasteiger partial charge in [0.2, 0.25) is 0 Å². The van der Waals surface area contributed by atoms with Gasteiger partial charge in [0.15, 0.2) is 0 Å². The van der Waals surface area contributed by atoms with Crippen LogP contribution < -0.4 is 15.4 Å². The van der Waals surface area contributed by atoms with Crippen LogP contribution in [0.15, 0.2) is 66.7 Å². The molecule has 2 amide bonds. The van der Waals surface area contributed by atoms with E-state index in [-0.39, 0.29) is 25.4 Å². The number of ether oxygens (including phenoxy) is 2. The molecule has 8 heteroatoms. The number of benzene rings is 3. The first kappa shape index (κ1) is 26.1. The smallest absolute Gasteiger partial charge is 0.319 e. The van der Waals surface area contributed by atoms with E-state index < -0.39 is 23.8 Å². The number of aliphatic hydroxyl groups is 1. The third kappa shape index (κ3) is 8.35. The highest BCUT2D eigenvalue weighted by Crippen LogP contribution is 2.20. The Labute approximate surface area is 203 Å². The molecular weight excluding hydrogens is 454 g/mol. The van der Waals surface area contributed by atoms with Crippen LogP contribution in [0.2, 0.25) is 0 Å². The molecule has 3 aromatic rings. The minimum atomic E-state index is -0.845. The van der Waals surface area contributed by atoms with Crippen molar-refractivity contribution in [2.75, 3.05) is 18.5 Å². The number of hydrogen-bond donors (Lipinski definition) is 3. The molecule has 3 aromatic carbocycles. The van der Waals surface area contributed by atoms with E-state index in [1.807, 2.05) is 48.5 Å². The van der Waals surface area contributed by atoms with Gasteiger partial charge in [-0.2, -0.15) is 0 Å². The van der Waals surface area contributed by atoms with Crippen LogP contribution in [-0.4, -0.2) is 30.5 Å². The van der Waals surface area contributed by atoms with Crippen molar-refractivity contribution >= 4 is 11.7 Å². The summed E-state index contributed by atoms with van der Waals surface area (Å²) in [7, 11) is 0. The molecule has 0 aliphatic carbocycles. The van der Waals surface area contributed by atoms with Crippen LogP contribution in [0.1, 0.15) is 36.5 Å². The Morgan fingerprint density at radius 2 is 1.66 bits per heavy atom. The first-order chi connectivity index (χ1) is 16.8. The van der Waals surface area contributed by atoms with Crippen molar-refractivity contribution in [2.45, 2.75) is 39.0 Å². The molecule has 3 rings (SSSR count). The van der Waals surface area contributed by atoms with E-state index in [2.05, 4.69) is 24.5 Å². The second-order valence-electron chi connectivity index (χ2n) is 8.41. The van der Waals surface area contributed by atoms with Crippen molar-refractivity contribution in [1.82, 2.24) is 5.32 Å². The van der Waals surface area contributed by atoms with Gasteiger partial charge in [0.1, 0.15) is 23.5 Å². The van der Waals surface area contributed by atoms with Crippen LogP contribution in [0.5, 0.6) is 5.75 Å². The Balaban J connectivity index is 1.40. The summed E-state index contributed by atoms with van der Waals surface area (Å²) in [6, 6.07) is 17.6. The van der Waals surface area contributed by atoms with Gasteiger partial charge in [0, 0.05) is 12.6 Å².